The Balaban J connectivity index is 0. The van der Waals surface area contributed by atoms with Crippen molar-refractivity contribution >= 4 is 29.7 Å². The zero-order chi connectivity index (χ0) is 20.2. The number of nitrogens with zero attached hydrogens (tertiary/aromatic N) is 1. The third-order valence-electron chi connectivity index (χ3n) is 2.54. The molecule has 3 N–H and O–H groups in total. The van der Waals surface area contributed by atoms with Gasteiger partial charge >= 0.3 is 23.9 Å². The molecule has 0 aromatic rings. The van der Waals surface area contributed by atoms with Crippen molar-refractivity contribution in [2.45, 2.75) is 38.7 Å². The number of aliphatic carboxylic acids is 3. The second-order valence-electron chi connectivity index (χ2n) is 6.16. The molecule has 144 valence electrons. The molecule has 10 heteroatoms. The van der Waals surface area contributed by atoms with Crippen LogP contribution in [0.15, 0.2) is 0 Å². The van der Waals surface area contributed by atoms with Gasteiger partial charge in [0, 0.05) is 12.8 Å². The van der Waals surface area contributed by atoms with Gasteiger partial charge in [-0.05, 0) is 0 Å². The number of quaternary nitrogens is 1. The van der Waals surface area contributed by atoms with Gasteiger partial charge in [0.15, 0.2) is 6.10 Å². The molecule has 0 rings (SSSR count). The van der Waals surface area contributed by atoms with E-state index in [9.17, 15) is 24.0 Å². The third kappa shape index (κ3) is 17.7. The summed E-state index contributed by atoms with van der Waals surface area (Å²) >= 11 is 0. The van der Waals surface area contributed by atoms with Crippen molar-refractivity contribution < 1.29 is 48.5 Å². The van der Waals surface area contributed by atoms with Crippen LogP contribution in [0.2, 0.25) is 0 Å². The van der Waals surface area contributed by atoms with E-state index in [-0.39, 0.29) is 18.8 Å². The maximum absolute atomic E-state index is 11.1. The number of ketones is 1. The second-order valence-corrected chi connectivity index (χ2v) is 6.16. The van der Waals surface area contributed by atoms with E-state index in [1.165, 1.54) is 0 Å². The molecule has 0 unspecified atom stereocenters. The average Bonchev–Trinajstić information content (AvgIpc) is 2.42. The van der Waals surface area contributed by atoms with Crippen molar-refractivity contribution in [3.05, 3.63) is 0 Å². The lowest BCUT2D eigenvalue weighted by Gasteiger charge is -2.28. The Bertz CT molecular complexity index is 494. The van der Waals surface area contributed by atoms with Gasteiger partial charge in [-0.2, -0.15) is 0 Å². The van der Waals surface area contributed by atoms with Gasteiger partial charge in [0.1, 0.15) is 6.54 Å². The topological polar surface area (TPSA) is 155 Å². The molecule has 0 aliphatic rings. The van der Waals surface area contributed by atoms with Crippen LogP contribution in [0.4, 0.5) is 0 Å². The van der Waals surface area contributed by atoms with Gasteiger partial charge in [0.05, 0.1) is 34.0 Å². The summed E-state index contributed by atoms with van der Waals surface area (Å²) in [6.07, 6.45) is -1.28. The Kier molecular flexibility index (Phi) is 11.8. The predicted molar refractivity (Wildman–Crippen MR) is 84.8 cm³/mol. The molecule has 0 radical (unpaired) electrons. The molecule has 0 fully saturated rings. The third-order valence-corrected chi connectivity index (χ3v) is 2.54. The minimum atomic E-state index is -1.58. The van der Waals surface area contributed by atoms with Crippen LogP contribution in [0.3, 0.4) is 0 Å². The first-order chi connectivity index (χ1) is 11.3. The SMILES string of the molecule is CCC(=O)O[C@H](CC(=O)O)C[N+](C)(C)C.O=C(O)CCC(=O)C(=O)O. The number of ether oxygens (including phenoxy) is 1. The van der Waals surface area contributed by atoms with Crippen molar-refractivity contribution in [2.24, 2.45) is 0 Å². The number of carbonyl (C=O) groups excluding carboxylic acids is 2. The average molecular weight is 364 g/mol. The number of hydrogen-bond donors (Lipinski definition) is 3. The van der Waals surface area contributed by atoms with Crippen molar-refractivity contribution in [3.8, 4) is 0 Å². The highest BCUT2D eigenvalue weighted by Gasteiger charge is 2.24. The largest absolute Gasteiger partial charge is 0.481 e. The summed E-state index contributed by atoms with van der Waals surface area (Å²) in [6, 6.07) is 0. The monoisotopic (exact) mass is 364 g/mol. The Morgan fingerprint density at radius 2 is 1.44 bits per heavy atom. The summed E-state index contributed by atoms with van der Waals surface area (Å²) in [5.74, 6) is -5.12. The molecule has 0 saturated heterocycles. The van der Waals surface area contributed by atoms with Gasteiger partial charge < -0.3 is 24.5 Å². The van der Waals surface area contributed by atoms with Crippen LogP contribution in [0.5, 0.6) is 0 Å². The summed E-state index contributed by atoms with van der Waals surface area (Å²) in [5.41, 5.74) is 0. The molecule has 0 amide bonds. The van der Waals surface area contributed by atoms with E-state index in [0.717, 1.165) is 0 Å². The molecule has 0 heterocycles. The summed E-state index contributed by atoms with van der Waals surface area (Å²) < 4.78 is 5.62. The number of Topliss-reactive ketones (excluding diaryl/α,β-unsaturated/α-hetero) is 1. The Morgan fingerprint density at radius 1 is 0.920 bits per heavy atom. The highest BCUT2D eigenvalue weighted by Crippen LogP contribution is 2.06. The predicted octanol–water partition coefficient (Wildman–Crippen LogP) is -0.00600. The Labute approximate surface area is 145 Å². The summed E-state index contributed by atoms with van der Waals surface area (Å²) in [6.45, 7) is 2.18. The maximum Gasteiger partial charge on any atom is 0.372 e. The first kappa shape index (κ1) is 24.8. The van der Waals surface area contributed by atoms with Gasteiger partial charge in [-0.15, -0.1) is 0 Å². The van der Waals surface area contributed by atoms with Gasteiger partial charge in [0.25, 0.3) is 0 Å². The van der Waals surface area contributed by atoms with Crippen LogP contribution in [-0.2, 0) is 28.7 Å². The lowest BCUT2D eigenvalue weighted by Crippen LogP contribution is -2.43. The molecule has 1 atom stereocenters. The van der Waals surface area contributed by atoms with E-state index in [0.29, 0.717) is 11.0 Å². The van der Waals surface area contributed by atoms with Crippen LogP contribution in [0.1, 0.15) is 32.6 Å². The number of rotatable bonds is 10. The first-order valence-electron chi connectivity index (χ1n) is 7.48. The zero-order valence-electron chi connectivity index (χ0n) is 14.9. The minimum Gasteiger partial charge on any atom is -0.481 e. The van der Waals surface area contributed by atoms with Crippen molar-refractivity contribution in [2.75, 3.05) is 27.7 Å². The second kappa shape index (κ2) is 12.0. The molecule has 0 bridgehead atoms. The van der Waals surface area contributed by atoms with Crippen LogP contribution in [0.25, 0.3) is 0 Å². The van der Waals surface area contributed by atoms with Crippen molar-refractivity contribution in [1.82, 2.24) is 0 Å². The Morgan fingerprint density at radius 3 is 1.76 bits per heavy atom. The van der Waals surface area contributed by atoms with E-state index >= 15 is 0 Å². The van der Waals surface area contributed by atoms with E-state index in [2.05, 4.69) is 0 Å². The number of carbonyl (C=O) groups is 5. The summed E-state index contributed by atoms with van der Waals surface area (Å²) in [7, 11) is 5.78. The molecule has 25 heavy (non-hydrogen) atoms. The standard InChI is InChI=1S/C10H19NO4.C5H6O5/c1-5-10(14)15-8(6-9(12)13)7-11(2,3)4;6-3(5(9)10)1-2-4(7)8/h8H,5-7H2,1-4H3;1-2H2,(H,7,8)(H,9,10)/p+1/t8-;/m1./s1. The van der Waals surface area contributed by atoms with Gasteiger partial charge in [-0.25, -0.2) is 4.79 Å². The van der Waals surface area contributed by atoms with Crippen LogP contribution in [0, 0.1) is 0 Å². The normalized spacial score (nSPS) is 11.5. The fourth-order valence-electron chi connectivity index (χ4n) is 1.55. The molecule has 0 spiro atoms. The van der Waals surface area contributed by atoms with Crippen LogP contribution in [-0.4, -0.2) is 83.3 Å². The Hall–Kier alpha value is -2.49. The van der Waals surface area contributed by atoms with E-state index in [4.69, 9.17) is 20.1 Å². The van der Waals surface area contributed by atoms with Crippen LogP contribution < -0.4 is 0 Å². The number of likely N-dealkylation sites (N-methyl/N-ethyl adjacent to an activating group) is 1. The lowest BCUT2D eigenvalue weighted by atomic mass is 10.2. The van der Waals surface area contributed by atoms with Gasteiger partial charge in [0.2, 0.25) is 5.78 Å². The first-order valence-corrected chi connectivity index (χ1v) is 7.48. The van der Waals surface area contributed by atoms with Crippen molar-refractivity contribution in [1.29, 1.82) is 0 Å². The summed E-state index contributed by atoms with van der Waals surface area (Å²) in [4.78, 5) is 51.4. The molecule has 10 nitrogen and oxygen atoms in total. The highest BCUT2D eigenvalue weighted by molar-refractivity contribution is 6.32. The quantitative estimate of drug-likeness (QED) is 0.276. The van der Waals surface area contributed by atoms with Crippen LogP contribution >= 0.6 is 0 Å². The number of carboxylic acid groups (broad SMARTS) is 3. The summed E-state index contributed by atoms with van der Waals surface area (Å²) in [5, 5.41) is 24.6. The number of carboxylic acids is 3. The zero-order valence-corrected chi connectivity index (χ0v) is 14.9. The maximum atomic E-state index is 11.1. The van der Waals surface area contributed by atoms with Crippen molar-refractivity contribution in [3.63, 3.8) is 0 Å². The fourth-order valence-corrected chi connectivity index (χ4v) is 1.55. The molecule has 0 aliphatic heterocycles. The van der Waals surface area contributed by atoms with Gasteiger partial charge in [-0.3, -0.25) is 19.2 Å². The molecule has 0 saturated carbocycles. The van der Waals surface area contributed by atoms with E-state index in [1.807, 2.05) is 21.1 Å². The molecule has 0 aromatic carbocycles. The fraction of sp³-hybridized carbons (Fsp3) is 0.667. The lowest BCUT2D eigenvalue weighted by molar-refractivity contribution is -0.873. The highest BCUT2D eigenvalue weighted by atomic mass is 16.5. The molecule has 0 aromatic heterocycles. The number of esters is 1. The number of hydrogen-bond acceptors (Lipinski definition) is 6. The molecule has 0 aliphatic carbocycles. The van der Waals surface area contributed by atoms with E-state index < -0.39 is 42.6 Å². The minimum absolute atomic E-state index is 0.138. The molecular formula is C15H26NO9+. The van der Waals surface area contributed by atoms with E-state index in [1.54, 1.807) is 6.92 Å². The van der Waals surface area contributed by atoms with Gasteiger partial charge in [-0.1, -0.05) is 6.92 Å². The smallest absolute Gasteiger partial charge is 0.372 e. The molecular weight excluding hydrogens is 338 g/mol.